The first kappa shape index (κ1) is 24.0. The number of nitrogens with one attached hydrogen (secondary N) is 2. The van der Waals surface area contributed by atoms with Gasteiger partial charge >= 0.3 is 6.18 Å². The Morgan fingerprint density at radius 1 is 1.07 bits per heavy atom. The van der Waals surface area contributed by atoms with Gasteiger partial charge in [-0.2, -0.15) is 13.2 Å². The number of rotatable bonds is 7. The van der Waals surface area contributed by atoms with Crippen LogP contribution in [0.5, 0.6) is 0 Å². The third-order valence-corrected chi connectivity index (χ3v) is 4.77. The van der Waals surface area contributed by atoms with Gasteiger partial charge in [0.05, 0.1) is 16.1 Å². The molecule has 0 fully saturated rings. The summed E-state index contributed by atoms with van der Waals surface area (Å²) >= 11 is 11.9. The molecule has 2 amide bonds. The lowest BCUT2D eigenvalue weighted by atomic mass is 10.0. The van der Waals surface area contributed by atoms with Gasteiger partial charge in [-0.1, -0.05) is 49.2 Å². The van der Waals surface area contributed by atoms with Gasteiger partial charge in [-0.25, -0.2) is 0 Å². The molecule has 9 heteroatoms. The first-order valence-corrected chi connectivity index (χ1v) is 9.92. The van der Waals surface area contributed by atoms with Crippen molar-refractivity contribution in [3.05, 3.63) is 69.2 Å². The molecule has 162 valence electrons. The number of carbonyl (C=O) groups is 2. The molecule has 1 atom stereocenters. The predicted octanol–water partition coefficient (Wildman–Crippen LogP) is 5.47. The molecule has 30 heavy (non-hydrogen) atoms. The normalized spacial score (nSPS) is 12.5. The van der Waals surface area contributed by atoms with E-state index in [1.54, 1.807) is 0 Å². The van der Waals surface area contributed by atoms with Crippen LogP contribution in [0.25, 0.3) is 0 Å². The maximum atomic E-state index is 12.8. The third kappa shape index (κ3) is 6.92. The Morgan fingerprint density at radius 3 is 2.37 bits per heavy atom. The summed E-state index contributed by atoms with van der Waals surface area (Å²) in [7, 11) is 0. The van der Waals surface area contributed by atoms with E-state index in [0.29, 0.717) is 17.0 Å². The quantitative estimate of drug-likeness (QED) is 0.575. The molecule has 0 saturated carbocycles. The molecule has 0 saturated heterocycles. The first-order chi connectivity index (χ1) is 14.0. The summed E-state index contributed by atoms with van der Waals surface area (Å²) in [6.07, 6.45) is -4.13. The SMILES string of the molecule is CC(C)C[C@H](NC(=O)c1ccc(Cl)cc1Cl)C(=O)NCc1cccc(C(F)(F)F)c1. The zero-order valence-corrected chi connectivity index (χ0v) is 17.8. The second-order valence-electron chi connectivity index (χ2n) is 7.20. The minimum Gasteiger partial charge on any atom is -0.350 e. The van der Waals surface area contributed by atoms with Crippen LogP contribution in [0.3, 0.4) is 0 Å². The Kier molecular flexibility index (Phi) is 8.15. The van der Waals surface area contributed by atoms with Crippen molar-refractivity contribution in [3.63, 3.8) is 0 Å². The maximum Gasteiger partial charge on any atom is 0.416 e. The van der Waals surface area contributed by atoms with Crippen molar-refractivity contribution >= 4 is 35.0 Å². The minimum atomic E-state index is -4.47. The molecular weight excluding hydrogens is 440 g/mol. The standard InChI is InChI=1S/C21H21Cl2F3N2O2/c1-12(2)8-18(28-19(29)16-7-6-15(22)10-17(16)23)20(30)27-11-13-4-3-5-14(9-13)21(24,25)26/h3-7,9-10,12,18H,8,11H2,1-2H3,(H,27,30)(H,28,29)/t18-/m0/s1. The number of benzene rings is 2. The monoisotopic (exact) mass is 460 g/mol. The molecule has 2 aromatic carbocycles. The highest BCUT2D eigenvalue weighted by Gasteiger charge is 2.30. The van der Waals surface area contributed by atoms with Crippen molar-refractivity contribution in [1.29, 1.82) is 0 Å². The predicted molar refractivity (Wildman–Crippen MR) is 110 cm³/mol. The van der Waals surface area contributed by atoms with Gasteiger partial charge in [0.25, 0.3) is 5.91 Å². The van der Waals surface area contributed by atoms with Crippen LogP contribution in [-0.2, 0) is 17.5 Å². The van der Waals surface area contributed by atoms with Gasteiger partial charge < -0.3 is 10.6 Å². The summed E-state index contributed by atoms with van der Waals surface area (Å²) in [5.41, 5.74) is -0.326. The number of alkyl halides is 3. The summed E-state index contributed by atoms with van der Waals surface area (Å²) in [6.45, 7) is 3.66. The Labute approximate surface area is 182 Å². The number of carbonyl (C=O) groups excluding carboxylic acids is 2. The average molecular weight is 461 g/mol. The lowest BCUT2D eigenvalue weighted by molar-refractivity contribution is -0.137. The molecule has 0 aromatic heterocycles. The smallest absolute Gasteiger partial charge is 0.350 e. The first-order valence-electron chi connectivity index (χ1n) is 9.17. The van der Waals surface area contributed by atoms with E-state index in [2.05, 4.69) is 10.6 Å². The minimum absolute atomic E-state index is 0.0790. The molecule has 0 unspecified atom stereocenters. The van der Waals surface area contributed by atoms with Crippen molar-refractivity contribution in [2.45, 2.75) is 39.0 Å². The number of amides is 2. The zero-order chi connectivity index (χ0) is 22.5. The summed E-state index contributed by atoms with van der Waals surface area (Å²) in [6, 6.07) is 8.20. The van der Waals surface area contributed by atoms with Gasteiger partial charge in [-0.05, 0) is 48.2 Å². The van der Waals surface area contributed by atoms with E-state index in [1.165, 1.54) is 30.3 Å². The molecule has 0 bridgehead atoms. The molecule has 2 N–H and O–H groups in total. The van der Waals surface area contributed by atoms with Gasteiger partial charge in [0.1, 0.15) is 6.04 Å². The fraction of sp³-hybridized carbons (Fsp3) is 0.333. The van der Waals surface area contributed by atoms with E-state index >= 15 is 0 Å². The van der Waals surface area contributed by atoms with Crippen LogP contribution >= 0.6 is 23.2 Å². The lowest BCUT2D eigenvalue weighted by Crippen LogP contribution is -2.47. The second kappa shape index (κ2) is 10.2. The van der Waals surface area contributed by atoms with Crippen LogP contribution in [0.1, 0.15) is 41.8 Å². The van der Waals surface area contributed by atoms with Crippen molar-refractivity contribution < 1.29 is 22.8 Å². The van der Waals surface area contributed by atoms with Crippen LogP contribution in [0.4, 0.5) is 13.2 Å². The van der Waals surface area contributed by atoms with Crippen molar-refractivity contribution in [3.8, 4) is 0 Å². The van der Waals surface area contributed by atoms with Gasteiger partial charge in [0.2, 0.25) is 5.91 Å². The van der Waals surface area contributed by atoms with Crippen LogP contribution in [-0.4, -0.2) is 17.9 Å². The fourth-order valence-electron chi connectivity index (χ4n) is 2.78. The maximum absolute atomic E-state index is 12.8. The molecular formula is C21H21Cl2F3N2O2. The summed E-state index contributed by atoms with van der Waals surface area (Å²) in [5.74, 6) is -0.966. The Morgan fingerprint density at radius 2 is 1.77 bits per heavy atom. The van der Waals surface area contributed by atoms with Gasteiger partial charge in [-0.3, -0.25) is 9.59 Å². The fourth-order valence-corrected chi connectivity index (χ4v) is 3.28. The average Bonchev–Trinajstić information content (AvgIpc) is 2.64. The molecule has 4 nitrogen and oxygen atoms in total. The third-order valence-electron chi connectivity index (χ3n) is 4.23. The highest BCUT2D eigenvalue weighted by molar-refractivity contribution is 6.36. The van der Waals surface area contributed by atoms with Crippen LogP contribution < -0.4 is 10.6 Å². The summed E-state index contributed by atoms with van der Waals surface area (Å²) < 4.78 is 38.5. The number of halogens is 5. The Bertz CT molecular complexity index is 917. The highest BCUT2D eigenvalue weighted by atomic mass is 35.5. The zero-order valence-electron chi connectivity index (χ0n) is 16.3. The van der Waals surface area contributed by atoms with Crippen LogP contribution in [0.2, 0.25) is 10.0 Å². The molecule has 0 spiro atoms. The molecule has 2 aromatic rings. The van der Waals surface area contributed by atoms with Gasteiger partial charge in [0, 0.05) is 11.6 Å². The molecule has 0 aliphatic carbocycles. The van der Waals surface area contributed by atoms with Gasteiger partial charge in [-0.15, -0.1) is 0 Å². The van der Waals surface area contributed by atoms with Crippen molar-refractivity contribution in [2.75, 3.05) is 0 Å². The van der Waals surface area contributed by atoms with E-state index < -0.39 is 29.6 Å². The Balaban J connectivity index is 2.09. The summed E-state index contributed by atoms with van der Waals surface area (Å²) in [4.78, 5) is 25.2. The van der Waals surface area contributed by atoms with Crippen molar-refractivity contribution in [2.24, 2.45) is 5.92 Å². The molecule has 0 heterocycles. The number of hydrogen-bond donors (Lipinski definition) is 2. The molecule has 0 radical (unpaired) electrons. The van der Waals surface area contributed by atoms with E-state index in [-0.39, 0.29) is 23.0 Å². The highest BCUT2D eigenvalue weighted by Crippen LogP contribution is 2.29. The molecule has 2 rings (SSSR count). The van der Waals surface area contributed by atoms with Crippen molar-refractivity contribution in [1.82, 2.24) is 10.6 Å². The topological polar surface area (TPSA) is 58.2 Å². The number of hydrogen-bond acceptors (Lipinski definition) is 2. The molecule has 0 aliphatic heterocycles. The van der Waals surface area contributed by atoms with Crippen LogP contribution in [0, 0.1) is 5.92 Å². The molecule has 0 aliphatic rings. The van der Waals surface area contributed by atoms with Crippen LogP contribution in [0.15, 0.2) is 42.5 Å². The Hall–Kier alpha value is -2.25. The van der Waals surface area contributed by atoms with E-state index in [4.69, 9.17) is 23.2 Å². The largest absolute Gasteiger partial charge is 0.416 e. The lowest BCUT2D eigenvalue weighted by Gasteiger charge is -2.21. The van der Waals surface area contributed by atoms with Gasteiger partial charge in [0.15, 0.2) is 0 Å². The van der Waals surface area contributed by atoms with E-state index in [9.17, 15) is 22.8 Å². The second-order valence-corrected chi connectivity index (χ2v) is 8.04. The van der Waals surface area contributed by atoms with E-state index in [0.717, 1.165) is 12.1 Å². The van der Waals surface area contributed by atoms with E-state index in [1.807, 2.05) is 13.8 Å². The summed E-state index contributed by atoms with van der Waals surface area (Å²) in [5, 5.41) is 5.74.